The van der Waals surface area contributed by atoms with Gasteiger partial charge in [0, 0.05) is 0 Å². The summed E-state index contributed by atoms with van der Waals surface area (Å²) in [6, 6.07) is 5.33. The number of halogens is 2. The van der Waals surface area contributed by atoms with Gasteiger partial charge < -0.3 is 9.84 Å². The molecule has 0 aliphatic rings. The van der Waals surface area contributed by atoms with E-state index in [1.807, 2.05) is 0 Å². The average Bonchev–Trinajstić information content (AvgIpc) is 2.09. The Morgan fingerprint density at radius 1 is 1.31 bits per heavy atom. The lowest BCUT2D eigenvalue weighted by atomic mass is 10.3. The number of aromatic hydroxyl groups is 1. The normalized spacial score (nSPS) is 10.5. The van der Waals surface area contributed by atoms with E-state index in [9.17, 15) is 8.78 Å². The second-order valence-corrected chi connectivity index (χ2v) is 2.22. The molecule has 0 fully saturated rings. The van der Waals surface area contributed by atoms with Crippen molar-refractivity contribution in [1.29, 1.82) is 5.26 Å². The molecule has 13 heavy (non-hydrogen) atoms. The lowest BCUT2D eigenvalue weighted by molar-refractivity contribution is -0.124. The third kappa shape index (κ3) is 2.60. The van der Waals surface area contributed by atoms with Gasteiger partial charge in [0.2, 0.25) is 0 Å². The molecule has 1 aromatic carbocycles. The lowest BCUT2D eigenvalue weighted by Gasteiger charge is -2.09. The summed E-state index contributed by atoms with van der Waals surface area (Å²) in [5, 5.41) is 16.7. The van der Waals surface area contributed by atoms with E-state index in [1.165, 1.54) is 12.1 Å². The molecule has 0 atom stereocenters. The summed E-state index contributed by atoms with van der Waals surface area (Å²) in [5.74, 6) is -0.239. The van der Waals surface area contributed by atoms with E-state index < -0.39 is 6.11 Å². The van der Waals surface area contributed by atoms with Crippen LogP contribution in [0.15, 0.2) is 24.3 Å². The molecule has 0 saturated heterocycles. The summed E-state index contributed by atoms with van der Waals surface area (Å²) in [5.41, 5.74) is 0. The van der Waals surface area contributed by atoms with Crippen LogP contribution < -0.4 is 4.74 Å². The van der Waals surface area contributed by atoms with Gasteiger partial charge in [-0.3, -0.25) is 0 Å². The van der Waals surface area contributed by atoms with Crippen molar-refractivity contribution in [2.75, 3.05) is 0 Å². The van der Waals surface area contributed by atoms with Crippen LogP contribution in [0.1, 0.15) is 0 Å². The third-order valence-corrected chi connectivity index (χ3v) is 1.21. The molecule has 1 aromatic rings. The van der Waals surface area contributed by atoms with Gasteiger partial charge in [0.05, 0.1) is 0 Å². The summed E-state index contributed by atoms with van der Waals surface area (Å²) >= 11 is 0. The molecule has 1 rings (SSSR count). The number of rotatable bonds is 2. The Kier molecular flexibility index (Phi) is 2.33. The van der Waals surface area contributed by atoms with E-state index in [0.717, 1.165) is 12.1 Å². The number of phenols is 1. The quantitative estimate of drug-likeness (QED) is 0.765. The molecule has 3 nitrogen and oxygen atoms in total. The van der Waals surface area contributed by atoms with Gasteiger partial charge in [-0.15, -0.1) is 8.78 Å². The van der Waals surface area contributed by atoms with Crippen molar-refractivity contribution in [3.05, 3.63) is 24.3 Å². The van der Waals surface area contributed by atoms with Crippen molar-refractivity contribution < 1.29 is 18.6 Å². The van der Waals surface area contributed by atoms with Gasteiger partial charge >= 0.3 is 6.11 Å². The van der Waals surface area contributed by atoms with Crippen molar-refractivity contribution in [3.63, 3.8) is 0 Å². The number of alkyl halides is 2. The average molecular weight is 185 g/mol. The van der Waals surface area contributed by atoms with E-state index in [-0.39, 0.29) is 11.5 Å². The zero-order valence-electron chi connectivity index (χ0n) is 6.37. The van der Waals surface area contributed by atoms with Gasteiger partial charge in [-0.05, 0) is 24.3 Å². The van der Waals surface area contributed by atoms with Crippen molar-refractivity contribution in [2.45, 2.75) is 6.11 Å². The first-order valence-corrected chi connectivity index (χ1v) is 3.30. The molecule has 0 aliphatic carbocycles. The van der Waals surface area contributed by atoms with E-state index >= 15 is 0 Å². The van der Waals surface area contributed by atoms with Gasteiger partial charge in [0.1, 0.15) is 11.5 Å². The highest BCUT2D eigenvalue weighted by Gasteiger charge is 2.31. The van der Waals surface area contributed by atoms with Gasteiger partial charge in [-0.2, -0.15) is 5.26 Å². The Morgan fingerprint density at radius 2 is 1.85 bits per heavy atom. The van der Waals surface area contributed by atoms with Crippen LogP contribution in [0.25, 0.3) is 0 Å². The standard InChI is InChI=1S/C8H5F2NO2/c9-8(10,5-11)13-7-3-1-6(12)2-4-7/h1-4,12H. The Morgan fingerprint density at radius 3 is 2.31 bits per heavy atom. The molecule has 1 N–H and O–H groups in total. The van der Waals surface area contributed by atoms with Crippen LogP contribution in [0.5, 0.6) is 11.5 Å². The van der Waals surface area contributed by atoms with Crippen LogP contribution in [-0.2, 0) is 0 Å². The van der Waals surface area contributed by atoms with Crippen LogP contribution >= 0.6 is 0 Å². The molecule has 0 amide bonds. The number of hydrogen-bond donors (Lipinski definition) is 1. The summed E-state index contributed by atoms with van der Waals surface area (Å²) in [4.78, 5) is 0. The highest BCUT2D eigenvalue weighted by Crippen LogP contribution is 2.22. The highest BCUT2D eigenvalue weighted by atomic mass is 19.3. The predicted octanol–water partition coefficient (Wildman–Crippen LogP) is 1.89. The van der Waals surface area contributed by atoms with Crippen LogP contribution in [0.2, 0.25) is 0 Å². The fourth-order valence-corrected chi connectivity index (χ4v) is 0.685. The van der Waals surface area contributed by atoms with Crippen molar-refractivity contribution in [1.82, 2.24) is 0 Å². The SMILES string of the molecule is N#CC(F)(F)Oc1ccc(O)cc1. The maximum absolute atomic E-state index is 12.3. The van der Waals surface area contributed by atoms with E-state index in [2.05, 4.69) is 4.74 Å². The predicted molar refractivity (Wildman–Crippen MR) is 39.3 cm³/mol. The Balaban J connectivity index is 2.77. The fraction of sp³-hybridized carbons (Fsp3) is 0.125. The van der Waals surface area contributed by atoms with Gasteiger partial charge in [0.25, 0.3) is 0 Å². The second kappa shape index (κ2) is 3.27. The number of benzene rings is 1. The zero-order chi connectivity index (χ0) is 9.90. The fourth-order valence-electron chi connectivity index (χ4n) is 0.685. The molecule has 0 aliphatic heterocycles. The van der Waals surface area contributed by atoms with Gasteiger partial charge in [0.15, 0.2) is 6.07 Å². The Hall–Kier alpha value is -1.83. The van der Waals surface area contributed by atoms with Gasteiger partial charge in [-0.1, -0.05) is 0 Å². The molecule has 0 aromatic heterocycles. The topological polar surface area (TPSA) is 53.2 Å². The first-order valence-electron chi connectivity index (χ1n) is 3.30. The van der Waals surface area contributed by atoms with Crippen LogP contribution in [0.3, 0.4) is 0 Å². The molecule has 68 valence electrons. The minimum absolute atomic E-state index is 0.0624. The van der Waals surface area contributed by atoms with Crippen molar-refractivity contribution >= 4 is 0 Å². The Labute approximate surface area is 72.8 Å². The minimum Gasteiger partial charge on any atom is -0.508 e. The van der Waals surface area contributed by atoms with E-state index in [1.54, 1.807) is 0 Å². The Bertz CT molecular complexity index is 329. The summed E-state index contributed by atoms with van der Waals surface area (Å²) < 4.78 is 28.6. The molecule has 0 heterocycles. The number of ether oxygens (including phenoxy) is 1. The maximum Gasteiger partial charge on any atom is 0.494 e. The molecular weight excluding hydrogens is 180 g/mol. The molecule has 0 saturated carbocycles. The van der Waals surface area contributed by atoms with Crippen LogP contribution in [0.4, 0.5) is 8.78 Å². The molecule has 0 unspecified atom stereocenters. The molecule has 5 heteroatoms. The molecular formula is C8H5F2NO2. The number of hydrogen-bond acceptors (Lipinski definition) is 3. The zero-order valence-corrected chi connectivity index (χ0v) is 6.37. The largest absolute Gasteiger partial charge is 0.508 e. The maximum atomic E-state index is 12.3. The van der Waals surface area contributed by atoms with Crippen LogP contribution in [-0.4, -0.2) is 11.2 Å². The monoisotopic (exact) mass is 185 g/mol. The van der Waals surface area contributed by atoms with Crippen LogP contribution in [0, 0.1) is 11.3 Å². The first-order chi connectivity index (χ1) is 6.03. The van der Waals surface area contributed by atoms with Crippen molar-refractivity contribution in [2.24, 2.45) is 0 Å². The molecule has 0 radical (unpaired) electrons. The smallest absolute Gasteiger partial charge is 0.494 e. The summed E-state index contributed by atoms with van der Waals surface area (Å²) in [6.07, 6.45) is -3.84. The van der Waals surface area contributed by atoms with E-state index in [4.69, 9.17) is 10.4 Å². The lowest BCUT2D eigenvalue weighted by Crippen LogP contribution is -2.21. The second-order valence-electron chi connectivity index (χ2n) is 2.22. The highest BCUT2D eigenvalue weighted by molar-refractivity contribution is 5.30. The van der Waals surface area contributed by atoms with Crippen molar-refractivity contribution in [3.8, 4) is 17.6 Å². The number of nitrogens with zero attached hydrogens (tertiary/aromatic N) is 1. The van der Waals surface area contributed by atoms with E-state index in [0.29, 0.717) is 6.07 Å². The third-order valence-electron chi connectivity index (χ3n) is 1.21. The number of phenolic OH excluding ortho intramolecular Hbond substituents is 1. The van der Waals surface area contributed by atoms with Gasteiger partial charge in [-0.25, -0.2) is 0 Å². The first kappa shape index (κ1) is 9.26. The minimum atomic E-state index is -3.84. The summed E-state index contributed by atoms with van der Waals surface area (Å²) in [7, 11) is 0. The number of nitriles is 1. The summed E-state index contributed by atoms with van der Waals surface area (Å²) in [6.45, 7) is 0. The molecule has 0 spiro atoms. The molecule has 0 bridgehead atoms.